The van der Waals surface area contributed by atoms with Crippen LogP contribution in [0.15, 0.2) is 23.1 Å². The van der Waals surface area contributed by atoms with Crippen molar-refractivity contribution in [3.05, 3.63) is 28.7 Å². The first-order valence-electron chi connectivity index (χ1n) is 7.56. The first kappa shape index (κ1) is 16.5. The van der Waals surface area contributed by atoms with Gasteiger partial charge in [-0.3, -0.25) is 10.1 Å². The fourth-order valence-corrected chi connectivity index (χ4v) is 2.78. The highest BCUT2D eigenvalue weighted by molar-refractivity contribution is 5.84. The molecule has 0 aliphatic heterocycles. The zero-order valence-corrected chi connectivity index (χ0v) is 13.6. The number of carbonyl (C=O) groups is 1. The number of carbonyl (C=O) groups excluding carboxylic acids is 1. The smallest absolute Gasteiger partial charge is 0.412 e. The van der Waals surface area contributed by atoms with Gasteiger partial charge in [0.15, 0.2) is 0 Å². The number of aromatic nitrogens is 1. The Bertz CT molecular complexity index is 589. The summed E-state index contributed by atoms with van der Waals surface area (Å²) in [6.45, 7) is 5.33. The Morgan fingerprint density at radius 2 is 2.09 bits per heavy atom. The van der Waals surface area contributed by atoms with E-state index in [0.717, 1.165) is 19.3 Å². The summed E-state index contributed by atoms with van der Waals surface area (Å²) in [6.07, 6.45) is 4.02. The van der Waals surface area contributed by atoms with Gasteiger partial charge < -0.3 is 14.0 Å². The van der Waals surface area contributed by atoms with Crippen LogP contribution in [0, 0.1) is 0 Å². The number of nitrogens with one attached hydrogen (secondary N) is 1. The molecule has 0 radical (unpaired) electrons. The van der Waals surface area contributed by atoms with Gasteiger partial charge in [-0.2, -0.15) is 0 Å². The highest BCUT2D eigenvalue weighted by atomic mass is 16.6. The standard InChI is InChI=1S/C16H24N2O4/c1-16(2,3)22-15(20)17-11-7-6-10-18(14(11)19)12-8-5-9-13(12)21-4/h6-7,10,12-13H,5,8-9H2,1-4H3,(H,17,20)/t12-,13+/m0/s1. The zero-order valence-electron chi connectivity index (χ0n) is 13.6. The summed E-state index contributed by atoms with van der Waals surface area (Å²) in [5, 5.41) is 2.53. The number of anilines is 1. The van der Waals surface area contributed by atoms with Crippen molar-refractivity contribution in [1.82, 2.24) is 4.57 Å². The van der Waals surface area contributed by atoms with Crippen molar-refractivity contribution >= 4 is 11.8 Å². The highest BCUT2D eigenvalue weighted by Crippen LogP contribution is 2.31. The number of rotatable bonds is 3. The molecular weight excluding hydrogens is 284 g/mol. The van der Waals surface area contributed by atoms with Crippen LogP contribution in [0.5, 0.6) is 0 Å². The van der Waals surface area contributed by atoms with E-state index in [0.29, 0.717) is 0 Å². The van der Waals surface area contributed by atoms with Crippen molar-refractivity contribution in [2.24, 2.45) is 0 Å². The van der Waals surface area contributed by atoms with Crippen molar-refractivity contribution in [1.29, 1.82) is 0 Å². The second-order valence-electron chi connectivity index (χ2n) is 6.53. The summed E-state index contributed by atoms with van der Waals surface area (Å²) in [6, 6.07) is 3.34. The predicted octanol–water partition coefficient (Wildman–Crippen LogP) is 2.94. The van der Waals surface area contributed by atoms with Gasteiger partial charge in [-0.15, -0.1) is 0 Å². The maximum atomic E-state index is 12.6. The van der Waals surface area contributed by atoms with E-state index in [1.807, 2.05) is 0 Å². The van der Waals surface area contributed by atoms with Gasteiger partial charge >= 0.3 is 6.09 Å². The van der Waals surface area contributed by atoms with Crippen LogP contribution in [0.4, 0.5) is 10.5 Å². The molecule has 1 aromatic rings. The lowest BCUT2D eigenvalue weighted by Crippen LogP contribution is -2.33. The Labute approximate surface area is 130 Å². The molecular formula is C16H24N2O4. The van der Waals surface area contributed by atoms with Gasteiger partial charge in [0.05, 0.1) is 12.1 Å². The Kier molecular flexibility index (Phi) is 4.90. The van der Waals surface area contributed by atoms with E-state index in [1.165, 1.54) is 0 Å². The van der Waals surface area contributed by atoms with E-state index in [9.17, 15) is 9.59 Å². The van der Waals surface area contributed by atoms with E-state index >= 15 is 0 Å². The summed E-state index contributed by atoms with van der Waals surface area (Å²) in [5.41, 5.74) is -0.620. The first-order chi connectivity index (χ1) is 10.3. The number of hydrogen-bond acceptors (Lipinski definition) is 4. The van der Waals surface area contributed by atoms with Crippen molar-refractivity contribution < 1.29 is 14.3 Å². The number of amides is 1. The minimum Gasteiger partial charge on any atom is -0.444 e. The average Bonchev–Trinajstić information content (AvgIpc) is 2.87. The maximum absolute atomic E-state index is 12.6. The molecule has 1 N–H and O–H groups in total. The summed E-state index contributed by atoms with van der Waals surface area (Å²) in [4.78, 5) is 24.4. The van der Waals surface area contributed by atoms with Crippen LogP contribution in [-0.4, -0.2) is 29.5 Å². The van der Waals surface area contributed by atoms with Crippen LogP contribution in [-0.2, 0) is 9.47 Å². The Morgan fingerprint density at radius 1 is 1.36 bits per heavy atom. The van der Waals surface area contributed by atoms with Gasteiger partial charge in [0.1, 0.15) is 11.3 Å². The van der Waals surface area contributed by atoms with Gasteiger partial charge in [0, 0.05) is 13.3 Å². The molecule has 22 heavy (non-hydrogen) atoms. The third kappa shape index (κ3) is 3.88. The highest BCUT2D eigenvalue weighted by Gasteiger charge is 2.29. The van der Waals surface area contributed by atoms with Gasteiger partial charge in [0.2, 0.25) is 0 Å². The molecule has 1 heterocycles. The summed E-state index contributed by atoms with van der Waals surface area (Å²) < 4.78 is 12.3. The monoisotopic (exact) mass is 308 g/mol. The average molecular weight is 308 g/mol. The third-order valence-electron chi connectivity index (χ3n) is 3.69. The largest absolute Gasteiger partial charge is 0.444 e. The van der Waals surface area contributed by atoms with Gasteiger partial charge in [-0.05, 0) is 52.2 Å². The minimum atomic E-state index is -0.628. The molecule has 1 fully saturated rings. The zero-order chi connectivity index (χ0) is 16.3. The molecule has 0 aromatic carbocycles. The van der Waals surface area contributed by atoms with Gasteiger partial charge in [0.25, 0.3) is 5.56 Å². The normalized spacial score (nSPS) is 21.6. The van der Waals surface area contributed by atoms with E-state index in [2.05, 4.69) is 5.32 Å². The van der Waals surface area contributed by atoms with E-state index in [1.54, 1.807) is 50.8 Å². The number of methoxy groups -OCH3 is 1. The number of ether oxygens (including phenoxy) is 2. The molecule has 1 amide bonds. The molecule has 122 valence electrons. The van der Waals surface area contributed by atoms with E-state index in [-0.39, 0.29) is 23.4 Å². The number of hydrogen-bond donors (Lipinski definition) is 1. The lowest BCUT2D eigenvalue weighted by molar-refractivity contribution is 0.0635. The van der Waals surface area contributed by atoms with Crippen LogP contribution >= 0.6 is 0 Å². The molecule has 1 aromatic heterocycles. The molecule has 0 bridgehead atoms. The number of pyridine rings is 1. The Hall–Kier alpha value is -1.82. The fraction of sp³-hybridized carbons (Fsp3) is 0.625. The second kappa shape index (κ2) is 6.52. The van der Waals surface area contributed by atoms with Crippen molar-refractivity contribution in [2.45, 2.75) is 57.8 Å². The maximum Gasteiger partial charge on any atom is 0.412 e. The molecule has 6 heteroatoms. The van der Waals surface area contributed by atoms with Crippen LogP contribution in [0.1, 0.15) is 46.1 Å². The van der Waals surface area contributed by atoms with Crippen LogP contribution in [0.3, 0.4) is 0 Å². The topological polar surface area (TPSA) is 69.6 Å². The van der Waals surface area contributed by atoms with Crippen LogP contribution in [0.25, 0.3) is 0 Å². The van der Waals surface area contributed by atoms with Gasteiger partial charge in [-0.1, -0.05) is 0 Å². The molecule has 6 nitrogen and oxygen atoms in total. The van der Waals surface area contributed by atoms with Crippen molar-refractivity contribution in [3.8, 4) is 0 Å². The molecule has 1 saturated carbocycles. The Morgan fingerprint density at radius 3 is 2.73 bits per heavy atom. The molecule has 1 aliphatic carbocycles. The van der Waals surface area contributed by atoms with Gasteiger partial charge in [-0.25, -0.2) is 4.79 Å². The summed E-state index contributed by atoms with van der Waals surface area (Å²) >= 11 is 0. The van der Waals surface area contributed by atoms with Crippen molar-refractivity contribution in [3.63, 3.8) is 0 Å². The molecule has 0 saturated heterocycles. The van der Waals surface area contributed by atoms with Crippen LogP contribution in [0.2, 0.25) is 0 Å². The lowest BCUT2D eigenvalue weighted by Gasteiger charge is -2.22. The second-order valence-corrected chi connectivity index (χ2v) is 6.53. The lowest BCUT2D eigenvalue weighted by atomic mass is 10.2. The molecule has 0 spiro atoms. The van der Waals surface area contributed by atoms with Crippen molar-refractivity contribution in [2.75, 3.05) is 12.4 Å². The third-order valence-corrected chi connectivity index (χ3v) is 3.69. The SMILES string of the molecule is CO[C@@H]1CCC[C@@H]1n1cccc(NC(=O)OC(C)(C)C)c1=O. The summed E-state index contributed by atoms with van der Waals surface area (Å²) in [5.74, 6) is 0. The van der Waals surface area contributed by atoms with Crippen LogP contribution < -0.4 is 10.9 Å². The molecule has 2 rings (SSSR count). The first-order valence-corrected chi connectivity index (χ1v) is 7.56. The minimum absolute atomic E-state index is 0.0119. The molecule has 1 aliphatic rings. The fourth-order valence-electron chi connectivity index (χ4n) is 2.78. The Balaban J connectivity index is 2.19. The molecule has 0 unspecified atom stereocenters. The van der Waals surface area contributed by atoms with E-state index < -0.39 is 11.7 Å². The quantitative estimate of drug-likeness (QED) is 0.932. The number of nitrogens with zero attached hydrogens (tertiary/aromatic N) is 1. The van der Waals surface area contributed by atoms with E-state index in [4.69, 9.17) is 9.47 Å². The summed E-state index contributed by atoms with van der Waals surface area (Å²) in [7, 11) is 1.66. The molecule has 2 atom stereocenters. The predicted molar refractivity (Wildman–Crippen MR) is 84.2 cm³/mol.